The predicted molar refractivity (Wildman–Crippen MR) is 106 cm³/mol. The van der Waals surface area contributed by atoms with Crippen LogP contribution in [0.3, 0.4) is 0 Å². The molecule has 0 spiro atoms. The average Bonchev–Trinajstić information content (AvgIpc) is 3.06. The number of fused-ring (bicyclic) bond motifs is 2. The predicted octanol–water partition coefficient (Wildman–Crippen LogP) is 1.57. The van der Waals surface area contributed by atoms with E-state index in [0.29, 0.717) is 23.1 Å². The number of amides is 1. The number of sulfonamides is 1. The number of hydrogen-bond donors (Lipinski definition) is 3. The van der Waals surface area contributed by atoms with Crippen molar-refractivity contribution in [2.75, 3.05) is 11.1 Å². The second-order valence-corrected chi connectivity index (χ2v) is 8.97. The van der Waals surface area contributed by atoms with Gasteiger partial charge in [-0.2, -0.15) is 4.31 Å². The highest BCUT2D eigenvalue weighted by Gasteiger charge is 2.37. The molecule has 1 aromatic heterocycles. The summed E-state index contributed by atoms with van der Waals surface area (Å²) in [5.74, 6) is -0.473. The van der Waals surface area contributed by atoms with Crippen molar-refractivity contribution in [1.29, 1.82) is 0 Å². The van der Waals surface area contributed by atoms with E-state index < -0.39 is 22.0 Å². The Kier molecular flexibility index (Phi) is 4.56. The SMILES string of the molecule is CCS(=O)(=O)N1Cc2ccccc2C[C@@H]1C(=O)Nc1ccc2[nH]c(=O)[nH]c2c1. The summed E-state index contributed by atoms with van der Waals surface area (Å²) in [7, 11) is -3.56. The molecule has 3 N–H and O–H groups in total. The third-order valence-electron chi connectivity index (χ3n) is 5.01. The Morgan fingerprint density at radius 1 is 1.14 bits per heavy atom. The van der Waals surface area contributed by atoms with Crippen molar-refractivity contribution in [3.63, 3.8) is 0 Å². The quantitative estimate of drug-likeness (QED) is 0.616. The number of anilines is 1. The minimum atomic E-state index is -3.56. The molecular weight excluding hydrogens is 380 g/mol. The van der Waals surface area contributed by atoms with Gasteiger partial charge >= 0.3 is 5.69 Å². The first-order valence-corrected chi connectivity index (χ1v) is 10.6. The molecule has 3 aromatic rings. The van der Waals surface area contributed by atoms with Crippen LogP contribution >= 0.6 is 0 Å². The van der Waals surface area contributed by atoms with E-state index in [1.165, 1.54) is 4.31 Å². The number of benzene rings is 2. The van der Waals surface area contributed by atoms with Crippen LogP contribution in [-0.2, 0) is 27.8 Å². The number of aromatic amines is 2. The van der Waals surface area contributed by atoms with Crippen molar-refractivity contribution in [3.05, 3.63) is 64.1 Å². The molecule has 9 heteroatoms. The first-order valence-electron chi connectivity index (χ1n) is 8.96. The van der Waals surface area contributed by atoms with Crippen LogP contribution in [0.25, 0.3) is 11.0 Å². The van der Waals surface area contributed by atoms with Crippen molar-refractivity contribution < 1.29 is 13.2 Å². The Bertz CT molecular complexity index is 1210. The van der Waals surface area contributed by atoms with Gasteiger partial charge in [-0.3, -0.25) is 4.79 Å². The number of carbonyl (C=O) groups excluding carboxylic acids is 1. The van der Waals surface area contributed by atoms with Crippen LogP contribution < -0.4 is 11.0 Å². The molecule has 4 rings (SSSR count). The lowest BCUT2D eigenvalue weighted by molar-refractivity contribution is -0.120. The van der Waals surface area contributed by atoms with Crippen LogP contribution in [0.15, 0.2) is 47.3 Å². The standard InChI is InChI=1S/C19H20N4O4S/c1-2-28(26,27)23-11-13-6-4-3-5-12(13)9-17(23)18(24)20-14-7-8-15-16(10-14)22-19(25)21-15/h3-8,10,17H,2,9,11H2,1H3,(H,20,24)(H2,21,22,25)/t17-/m1/s1. The van der Waals surface area contributed by atoms with E-state index in [2.05, 4.69) is 15.3 Å². The fourth-order valence-corrected chi connectivity index (χ4v) is 4.74. The Balaban J connectivity index is 1.65. The van der Waals surface area contributed by atoms with E-state index >= 15 is 0 Å². The molecule has 0 unspecified atom stereocenters. The Morgan fingerprint density at radius 2 is 1.86 bits per heavy atom. The maximum Gasteiger partial charge on any atom is 0.323 e. The van der Waals surface area contributed by atoms with Gasteiger partial charge in [-0.25, -0.2) is 13.2 Å². The molecule has 0 saturated carbocycles. The van der Waals surface area contributed by atoms with Crippen LogP contribution in [0.2, 0.25) is 0 Å². The lowest BCUT2D eigenvalue weighted by atomic mass is 9.95. The van der Waals surface area contributed by atoms with Gasteiger partial charge in [-0.15, -0.1) is 0 Å². The van der Waals surface area contributed by atoms with Crippen molar-refractivity contribution in [3.8, 4) is 0 Å². The second kappa shape index (κ2) is 6.92. The molecule has 2 aromatic carbocycles. The maximum atomic E-state index is 13.0. The summed E-state index contributed by atoms with van der Waals surface area (Å²) >= 11 is 0. The van der Waals surface area contributed by atoms with Crippen LogP contribution in [0, 0.1) is 0 Å². The highest BCUT2D eigenvalue weighted by molar-refractivity contribution is 7.89. The van der Waals surface area contributed by atoms with Crippen molar-refractivity contribution in [2.24, 2.45) is 0 Å². The van der Waals surface area contributed by atoms with Gasteiger partial charge < -0.3 is 15.3 Å². The summed E-state index contributed by atoms with van der Waals surface area (Å²) in [5, 5.41) is 2.79. The molecular formula is C19H20N4O4S. The van der Waals surface area contributed by atoms with Crippen LogP contribution in [0.5, 0.6) is 0 Å². The highest BCUT2D eigenvalue weighted by atomic mass is 32.2. The van der Waals surface area contributed by atoms with Gasteiger partial charge in [0.25, 0.3) is 0 Å². The monoisotopic (exact) mass is 400 g/mol. The lowest BCUT2D eigenvalue weighted by Gasteiger charge is -2.34. The molecule has 2 heterocycles. The summed E-state index contributed by atoms with van der Waals surface area (Å²) in [4.78, 5) is 29.7. The third kappa shape index (κ3) is 3.34. The van der Waals surface area contributed by atoms with Crippen molar-refractivity contribution in [2.45, 2.75) is 25.9 Å². The molecule has 0 radical (unpaired) electrons. The Morgan fingerprint density at radius 3 is 2.61 bits per heavy atom. The molecule has 8 nitrogen and oxygen atoms in total. The van der Waals surface area contributed by atoms with E-state index in [0.717, 1.165) is 11.1 Å². The maximum absolute atomic E-state index is 13.0. The molecule has 1 aliphatic rings. The number of carbonyl (C=O) groups is 1. The summed E-state index contributed by atoms with van der Waals surface area (Å²) in [6, 6.07) is 11.7. The van der Waals surface area contributed by atoms with E-state index in [1.807, 2.05) is 24.3 Å². The summed E-state index contributed by atoms with van der Waals surface area (Å²) in [6.07, 6.45) is 0.310. The molecule has 28 heavy (non-hydrogen) atoms. The minimum absolute atomic E-state index is 0.0739. The van der Waals surface area contributed by atoms with Crippen LogP contribution in [0.1, 0.15) is 18.1 Å². The molecule has 0 fully saturated rings. The topological polar surface area (TPSA) is 115 Å². The Labute approximate surface area is 161 Å². The van der Waals surface area contributed by atoms with E-state index in [1.54, 1.807) is 25.1 Å². The van der Waals surface area contributed by atoms with Crippen molar-refractivity contribution >= 4 is 32.7 Å². The number of aromatic nitrogens is 2. The van der Waals surface area contributed by atoms with Crippen LogP contribution in [-0.4, -0.2) is 40.4 Å². The summed E-state index contributed by atoms with van der Waals surface area (Å²) in [6.45, 7) is 1.75. The highest BCUT2D eigenvalue weighted by Crippen LogP contribution is 2.27. The number of H-pyrrole nitrogens is 2. The zero-order chi connectivity index (χ0) is 19.9. The van der Waals surface area contributed by atoms with Gasteiger partial charge in [-0.1, -0.05) is 24.3 Å². The molecule has 0 aliphatic carbocycles. The zero-order valence-electron chi connectivity index (χ0n) is 15.2. The largest absolute Gasteiger partial charge is 0.325 e. The van der Waals surface area contributed by atoms with Gasteiger partial charge in [0.2, 0.25) is 15.9 Å². The smallest absolute Gasteiger partial charge is 0.323 e. The fraction of sp³-hybridized carbons (Fsp3) is 0.263. The first kappa shape index (κ1) is 18.5. The number of nitrogens with zero attached hydrogens (tertiary/aromatic N) is 1. The summed E-state index contributed by atoms with van der Waals surface area (Å²) < 4.78 is 26.5. The third-order valence-corrected chi connectivity index (χ3v) is 6.84. The number of nitrogens with one attached hydrogen (secondary N) is 3. The van der Waals surface area contributed by atoms with Gasteiger partial charge in [0.15, 0.2) is 0 Å². The molecule has 1 aliphatic heterocycles. The molecule has 0 saturated heterocycles. The van der Waals surface area contributed by atoms with Gasteiger partial charge in [0, 0.05) is 12.2 Å². The van der Waals surface area contributed by atoms with Crippen LogP contribution in [0.4, 0.5) is 5.69 Å². The number of rotatable bonds is 4. The second-order valence-electron chi connectivity index (χ2n) is 6.76. The summed E-state index contributed by atoms with van der Waals surface area (Å²) in [5.41, 5.74) is 3.23. The average molecular weight is 400 g/mol. The Hall–Kier alpha value is -2.91. The molecule has 146 valence electrons. The molecule has 1 amide bonds. The molecule has 1 atom stereocenters. The number of hydrogen-bond acceptors (Lipinski definition) is 4. The van der Waals surface area contributed by atoms with Crippen molar-refractivity contribution in [1.82, 2.24) is 14.3 Å². The minimum Gasteiger partial charge on any atom is -0.325 e. The first-order chi connectivity index (χ1) is 13.4. The van der Waals surface area contributed by atoms with Gasteiger partial charge in [0.05, 0.1) is 16.8 Å². The van der Waals surface area contributed by atoms with E-state index in [4.69, 9.17) is 0 Å². The number of imidazole rings is 1. The molecule has 0 bridgehead atoms. The van der Waals surface area contributed by atoms with Gasteiger partial charge in [0.1, 0.15) is 6.04 Å². The fourth-order valence-electron chi connectivity index (χ4n) is 3.52. The lowest BCUT2D eigenvalue weighted by Crippen LogP contribution is -2.51. The van der Waals surface area contributed by atoms with E-state index in [-0.39, 0.29) is 18.0 Å². The van der Waals surface area contributed by atoms with Gasteiger partial charge in [-0.05, 0) is 42.7 Å². The normalized spacial score (nSPS) is 17.4. The zero-order valence-corrected chi connectivity index (χ0v) is 16.0. The van der Waals surface area contributed by atoms with E-state index in [9.17, 15) is 18.0 Å².